The third kappa shape index (κ3) is 1.84. The molecule has 0 radical (unpaired) electrons. The molecule has 0 atom stereocenters. The number of anilines is 1. The van der Waals surface area contributed by atoms with Crippen LogP contribution in [0.2, 0.25) is 0 Å². The fourth-order valence-corrected chi connectivity index (χ4v) is 1.42. The molecular formula is C11H9F2N3. The van der Waals surface area contributed by atoms with Gasteiger partial charge in [0.25, 0.3) is 0 Å². The maximum atomic E-state index is 13.5. The molecule has 0 aliphatic heterocycles. The number of nitrogens with two attached hydrogens (primary N) is 1. The molecule has 1 aromatic carbocycles. The van der Waals surface area contributed by atoms with Crippen molar-refractivity contribution in [2.45, 2.75) is 6.92 Å². The lowest BCUT2D eigenvalue weighted by Crippen LogP contribution is -2.00. The number of rotatable bonds is 1. The van der Waals surface area contributed by atoms with E-state index in [9.17, 15) is 8.78 Å². The first-order valence-electron chi connectivity index (χ1n) is 4.62. The van der Waals surface area contributed by atoms with Gasteiger partial charge in [0, 0.05) is 5.56 Å². The summed E-state index contributed by atoms with van der Waals surface area (Å²) in [6, 6.07) is 4.09. The van der Waals surface area contributed by atoms with Gasteiger partial charge in [-0.1, -0.05) is 6.07 Å². The Hall–Kier alpha value is -2.04. The number of nitrogen functional groups attached to an aromatic ring is 1. The summed E-state index contributed by atoms with van der Waals surface area (Å²) in [5.74, 6) is -1.11. The maximum absolute atomic E-state index is 13.5. The van der Waals surface area contributed by atoms with Crippen LogP contribution in [0.15, 0.2) is 24.4 Å². The third-order valence-electron chi connectivity index (χ3n) is 2.22. The van der Waals surface area contributed by atoms with Gasteiger partial charge in [0.2, 0.25) is 5.95 Å². The van der Waals surface area contributed by atoms with Crippen molar-refractivity contribution in [3.8, 4) is 11.3 Å². The van der Waals surface area contributed by atoms with Gasteiger partial charge in [-0.2, -0.15) is 0 Å². The zero-order valence-electron chi connectivity index (χ0n) is 8.54. The molecular weight excluding hydrogens is 212 g/mol. The number of aromatic nitrogens is 2. The average molecular weight is 221 g/mol. The van der Waals surface area contributed by atoms with E-state index in [0.29, 0.717) is 5.56 Å². The van der Waals surface area contributed by atoms with Gasteiger partial charge in [0.05, 0.1) is 6.20 Å². The maximum Gasteiger partial charge on any atom is 0.220 e. The van der Waals surface area contributed by atoms with Gasteiger partial charge in [-0.05, 0) is 24.6 Å². The summed E-state index contributed by atoms with van der Waals surface area (Å²) < 4.78 is 26.5. The highest BCUT2D eigenvalue weighted by Gasteiger charge is 2.11. The summed E-state index contributed by atoms with van der Waals surface area (Å²) >= 11 is 0. The predicted octanol–water partition coefficient (Wildman–Crippen LogP) is 2.31. The van der Waals surface area contributed by atoms with Gasteiger partial charge in [0.1, 0.15) is 11.5 Å². The minimum atomic E-state index is -0.622. The molecule has 0 aliphatic rings. The lowest BCUT2D eigenvalue weighted by Gasteiger charge is -2.06. The summed E-state index contributed by atoms with van der Waals surface area (Å²) in [6.07, 6.45) is 0.974. The Morgan fingerprint density at radius 3 is 2.75 bits per heavy atom. The van der Waals surface area contributed by atoms with Crippen molar-refractivity contribution in [1.82, 2.24) is 9.97 Å². The first-order valence-corrected chi connectivity index (χ1v) is 4.62. The standard InChI is InChI=1S/C11H9F2N3/c1-6-2-3-7(12)4-8(6)10-9(13)5-15-11(14)16-10/h2-5H,1H3,(H2,14,15,16). The molecule has 0 bridgehead atoms. The molecule has 5 heteroatoms. The molecule has 82 valence electrons. The molecule has 0 saturated carbocycles. The first-order chi connectivity index (χ1) is 7.58. The minimum absolute atomic E-state index is 0.0181. The number of hydrogen-bond acceptors (Lipinski definition) is 3. The van der Waals surface area contributed by atoms with Gasteiger partial charge in [0.15, 0.2) is 5.82 Å². The van der Waals surface area contributed by atoms with Crippen molar-refractivity contribution in [2.75, 3.05) is 5.73 Å². The molecule has 1 heterocycles. The van der Waals surface area contributed by atoms with Gasteiger partial charge in [-0.3, -0.25) is 0 Å². The molecule has 16 heavy (non-hydrogen) atoms. The van der Waals surface area contributed by atoms with E-state index in [4.69, 9.17) is 5.73 Å². The highest BCUT2D eigenvalue weighted by atomic mass is 19.1. The zero-order valence-corrected chi connectivity index (χ0v) is 8.54. The SMILES string of the molecule is Cc1ccc(F)cc1-c1nc(N)ncc1F. The van der Waals surface area contributed by atoms with Crippen LogP contribution in [0.1, 0.15) is 5.56 Å². The molecule has 2 aromatic rings. The fourth-order valence-electron chi connectivity index (χ4n) is 1.42. The largest absolute Gasteiger partial charge is 0.368 e. The Labute approximate surface area is 91.0 Å². The highest BCUT2D eigenvalue weighted by molar-refractivity contribution is 5.64. The smallest absolute Gasteiger partial charge is 0.220 e. The lowest BCUT2D eigenvalue weighted by atomic mass is 10.1. The van der Waals surface area contributed by atoms with Crippen molar-refractivity contribution < 1.29 is 8.78 Å². The molecule has 0 amide bonds. The van der Waals surface area contributed by atoms with Gasteiger partial charge < -0.3 is 5.73 Å². The number of halogens is 2. The van der Waals surface area contributed by atoms with Gasteiger partial charge in [-0.25, -0.2) is 18.7 Å². The molecule has 1 aromatic heterocycles. The van der Waals surface area contributed by atoms with E-state index in [1.807, 2.05) is 0 Å². The number of hydrogen-bond donors (Lipinski definition) is 1. The number of benzene rings is 1. The van der Waals surface area contributed by atoms with E-state index in [1.54, 1.807) is 13.0 Å². The number of nitrogens with zero attached hydrogens (tertiary/aromatic N) is 2. The molecule has 2 rings (SSSR count). The monoisotopic (exact) mass is 221 g/mol. The van der Waals surface area contributed by atoms with Crippen LogP contribution in [0.5, 0.6) is 0 Å². The van der Waals surface area contributed by atoms with Crippen LogP contribution in [0.4, 0.5) is 14.7 Å². The van der Waals surface area contributed by atoms with Crippen molar-refractivity contribution in [3.05, 3.63) is 41.6 Å². The van der Waals surface area contributed by atoms with Crippen LogP contribution in [0, 0.1) is 18.6 Å². The van der Waals surface area contributed by atoms with Crippen molar-refractivity contribution in [1.29, 1.82) is 0 Å². The van der Waals surface area contributed by atoms with E-state index < -0.39 is 11.6 Å². The van der Waals surface area contributed by atoms with Crippen LogP contribution in [0.3, 0.4) is 0 Å². The lowest BCUT2D eigenvalue weighted by molar-refractivity contribution is 0.616. The second kappa shape index (κ2) is 3.84. The van der Waals surface area contributed by atoms with Crippen molar-refractivity contribution in [2.24, 2.45) is 0 Å². The Kier molecular flexibility index (Phi) is 2.52. The average Bonchev–Trinajstić information content (AvgIpc) is 2.25. The Balaban J connectivity index is 2.66. The summed E-state index contributed by atoms with van der Waals surface area (Å²) in [4.78, 5) is 7.28. The normalized spacial score (nSPS) is 10.4. The quantitative estimate of drug-likeness (QED) is 0.803. The summed E-state index contributed by atoms with van der Waals surface area (Å²) in [6.45, 7) is 1.74. The third-order valence-corrected chi connectivity index (χ3v) is 2.22. The van der Waals surface area contributed by atoms with Crippen LogP contribution in [0.25, 0.3) is 11.3 Å². The zero-order chi connectivity index (χ0) is 11.7. The molecule has 0 unspecified atom stereocenters. The molecule has 0 spiro atoms. The predicted molar refractivity (Wildman–Crippen MR) is 56.5 cm³/mol. The van der Waals surface area contributed by atoms with E-state index >= 15 is 0 Å². The topological polar surface area (TPSA) is 51.8 Å². The summed E-state index contributed by atoms with van der Waals surface area (Å²) in [5, 5.41) is 0. The Bertz CT molecular complexity index is 491. The Morgan fingerprint density at radius 2 is 2.00 bits per heavy atom. The molecule has 0 saturated heterocycles. The fraction of sp³-hybridized carbons (Fsp3) is 0.0909. The van der Waals surface area contributed by atoms with E-state index in [1.165, 1.54) is 12.1 Å². The Morgan fingerprint density at radius 1 is 1.25 bits per heavy atom. The molecule has 0 fully saturated rings. The van der Waals surface area contributed by atoms with E-state index in [2.05, 4.69) is 9.97 Å². The minimum Gasteiger partial charge on any atom is -0.368 e. The summed E-state index contributed by atoms with van der Waals surface area (Å²) in [5.41, 5.74) is 6.49. The van der Waals surface area contributed by atoms with E-state index in [-0.39, 0.29) is 11.6 Å². The second-order valence-corrected chi connectivity index (χ2v) is 3.38. The van der Waals surface area contributed by atoms with Gasteiger partial charge in [-0.15, -0.1) is 0 Å². The van der Waals surface area contributed by atoms with Crippen LogP contribution in [-0.4, -0.2) is 9.97 Å². The van der Waals surface area contributed by atoms with E-state index in [0.717, 1.165) is 11.8 Å². The van der Waals surface area contributed by atoms with Crippen LogP contribution >= 0.6 is 0 Å². The van der Waals surface area contributed by atoms with Gasteiger partial charge >= 0.3 is 0 Å². The van der Waals surface area contributed by atoms with Crippen LogP contribution in [-0.2, 0) is 0 Å². The van der Waals surface area contributed by atoms with Crippen molar-refractivity contribution in [3.63, 3.8) is 0 Å². The summed E-state index contributed by atoms with van der Waals surface area (Å²) in [7, 11) is 0. The van der Waals surface area contributed by atoms with Crippen molar-refractivity contribution >= 4 is 5.95 Å². The molecule has 3 nitrogen and oxygen atoms in total. The highest BCUT2D eigenvalue weighted by Crippen LogP contribution is 2.24. The van der Waals surface area contributed by atoms with Crippen LogP contribution < -0.4 is 5.73 Å². The molecule has 0 aliphatic carbocycles. The first kappa shape index (κ1) is 10.5. The number of aryl methyl sites for hydroxylation is 1. The second-order valence-electron chi connectivity index (χ2n) is 3.38. The molecule has 2 N–H and O–H groups in total.